The lowest BCUT2D eigenvalue weighted by atomic mass is 10.0. The van der Waals surface area contributed by atoms with Gasteiger partial charge in [-0.25, -0.2) is 0 Å². The maximum absolute atomic E-state index is 12.9. The quantitative estimate of drug-likeness (QED) is 0.691. The molecule has 1 aromatic carbocycles. The molecule has 22 heavy (non-hydrogen) atoms. The van der Waals surface area contributed by atoms with Crippen molar-refractivity contribution in [2.24, 2.45) is 0 Å². The molecule has 1 nitrogen and oxygen atoms in total. The van der Waals surface area contributed by atoms with E-state index in [0.717, 1.165) is 12.8 Å². The number of halogens is 6. The zero-order chi connectivity index (χ0) is 17.0. The number of benzene rings is 1. The van der Waals surface area contributed by atoms with Gasteiger partial charge in [-0.05, 0) is 36.6 Å². The highest BCUT2D eigenvalue weighted by Gasteiger charge is 2.36. The van der Waals surface area contributed by atoms with Crippen molar-refractivity contribution < 1.29 is 26.3 Å². The Morgan fingerprint density at radius 1 is 1.00 bits per heavy atom. The van der Waals surface area contributed by atoms with Gasteiger partial charge in [0.25, 0.3) is 0 Å². The van der Waals surface area contributed by atoms with E-state index in [2.05, 4.69) is 5.32 Å². The van der Waals surface area contributed by atoms with Gasteiger partial charge in [0.05, 0.1) is 11.1 Å². The smallest absolute Gasteiger partial charge is 0.310 e. The summed E-state index contributed by atoms with van der Waals surface area (Å²) >= 11 is 0. The van der Waals surface area contributed by atoms with E-state index in [9.17, 15) is 26.3 Å². The Balaban J connectivity index is 3.07. The monoisotopic (exact) mass is 327 g/mol. The summed E-state index contributed by atoms with van der Waals surface area (Å²) in [6, 6.07) is 1.53. The fourth-order valence-corrected chi connectivity index (χ4v) is 2.25. The van der Waals surface area contributed by atoms with E-state index in [1.165, 1.54) is 0 Å². The molecule has 1 N–H and O–H groups in total. The second-order valence-electron chi connectivity index (χ2n) is 5.14. The highest BCUT2D eigenvalue weighted by molar-refractivity contribution is 5.35. The third-order valence-electron chi connectivity index (χ3n) is 3.45. The van der Waals surface area contributed by atoms with E-state index in [4.69, 9.17) is 0 Å². The Morgan fingerprint density at radius 3 is 2.09 bits per heavy atom. The van der Waals surface area contributed by atoms with Crippen LogP contribution in [0.1, 0.15) is 49.8 Å². The highest BCUT2D eigenvalue weighted by atomic mass is 19.4. The maximum atomic E-state index is 12.9. The summed E-state index contributed by atoms with van der Waals surface area (Å²) in [7, 11) is 0. The minimum Gasteiger partial charge on any atom is -0.310 e. The van der Waals surface area contributed by atoms with Crippen LogP contribution < -0.4 is 5.32 Å². The van der Waals surface area contributed by atoms with Crippen molar-refractivity contribution in [2.45, 2.75) is 58.0 Å². The molecule has 0 saturated carbocycles. The molecule has 1 rings (SSSR count). The van der Waals surface area contributed by atoms with Crippen LogP contribution in [0.2, 0.25) is 0 Å². The number of hydrogen-bond acceptors (Lipinski definition) is 1. The second-order valence-corrected chi connectivity index (χ2v) is 5.14. The summed E-state index contributed by atoms with van der Waals surface area (Å²) in [5, 5.41) is 2.91. The Kier molecular flexibility index (Phi) is 6.28. The summed E-state index contributed by atoms with van der Waals surface area (Å²) in [6.07, 6.45) is -7.02. The first-order valence-corrected chi connectivity index (χ1v) is 7.10. The van der Waals surface area contributed by atoms with Crippen molar-refractivity contribution in [1.82, 2.24) is 5.32 Å². The van der Waals surface area contributed by atoms with Crippen molar-refractivity contribution in [3.05, 3.63) is 34.9 Å². The van der Waals surface area contributed by atoms with Crippen LogP contribution in [0.5, 0.6) is 0 Å². The average Bonchev–Trinajstić information content (AvgIpc) is 2.41. The molecule has 0 saturated heterocycles. The lowest BCUT2D eigenvalue weighted by Crippen LogP contribution is -2.29. The highest BCUT2D eigenvalue weighted by Crippen LogP contribution is 2.36. The molecule has 0 aliphatic carbocycles. The predicted octanol–water partition coefficient (Wildman–Crippen LogP) is 5.39. The van der Waals surface area contributed by atoms with Gasteiger partial charge in [0.15, 0.2) is 0 Å². The van der Waals surface area contributed by atoms with Gasteiger partial charge in [0, 0.05) is 12.6 Å². The van der Waals surface area contributed by atoms with E-state index in [-0.39, 0.29) is 18.2 Å². The molecule has 0 aliphatic heterocycles. The van der Waals surface area contributed by atoms with Crippen molar-refractivity contribution >= 4 is 0 Å². The van der Waals surface area contributed by atoms with Crippen LogP contribution in [0.15, 0.2) is 18.2 Å². The molecule has 0 fully saturated rings. The van der Waals surface area contributed by atoms with Crippen LogP contribution in [0.25, 0.3) is 0 Å². The van der Waals surface area contributed by atoms with Gasteiger partial charge in [0.1, 0.15) is 0 Å². The van der Waals surface area contributed by atoms with Crippen molar-refractivity contribution in [1.29, 1.82) is 0 Å². The molecule has 0 bridgehead atoms. The largest absolute Gasteiger partial charge is 0.416 e. The van der Waals surface area contributed by atoms with Crippen molar-refractivity contribution in [2.75, 3.05) is 0 Å². The molecule has 126 valence electrons. The molecule has 0 amide bonds. The normalized spacial score (nSPS) is 14.2. The van der Waals surface area contributed by atoms with Gasteiger partial charge >= 0.3 is 12.4 Å². The topological polar surface area (TPSA) is 12.0 Å². The zero-order valence-electron chi connectivity index (χ0n) is 12.4. The Morgan fingerprint density at radius 2 is 1.64 bits per heavy atom. The molecule has 0 aromatic heterocycles. The lowest BCUT2D eigenvalue weighted by molar-refractivity contribution is -0.141. The predicted molar refractivity (Wildman–Crippen MR) is 72.3 cm³/mol. The minimum absolute atomic E-state index is 0.0133. The zero-order valence-corrected chi connectivity index (χ0v) is 12.4. The standard InChI is InChI=1S/C15H19F6N/c1-3-5-12(4-2)22-9-10-8-11(14(16,17)18)6-7-13(10)15(19,20)21/h6-8,12,22H,3-5,9H2,1-2H3. The summed E-state index contributed by atoms with van der Waals surface area (Å²) < 4.78 is 76.8. The lowest BCUT2D eigenvalue weighted by Gasteiger charge is -2.20. The first kappa shape index (κ1) is 18.8. The summed E-state index contributed by atoms with van der Waals surface area (Å²) in [4.78, 5) is 0. The van der Waals surface area contributed by atoms with E-state index in [1.54, 1.807) is 0 Å². The summed E-state index contributed by atoms with van der Waals surface area (Å²) in [5.41, 5.74) is -2.47. The molecule has 0 radical (unpaired) electrons. The molecule has 1 atom stereocenters. The SMILES string of the molecule is CCCC(CC)NCc1cc(C(F)(F)F)ccc1C(F)(F)F. The van der Waals surface area contributed by atoms with Gasteiger partial charge < -0.3 is 5.32 Å². The summed E-state index contributed by atoms with van der Waals surface area (Å²) in [6.45, 7) is 3.58. The Bertz CT molecular complexity index is 478. The molecule has 0 aliphatic rings. The van der Waals surface area contributed by atoms with E-state index < -0.39 is 23.5 Å². The number of alkyl halides is 6. The van der Waals surface area contributed by atoms with Crippen LogP contribution in [0.3, 0.4) is 0 Å². The third kappa shape index (κ3) is 5.19. The van der Waals surface area contributed by atoms with E-state index in [0.29, 0.717) is 24.6 Å². The van der Waals surface area contributed by atoms with Gasteiger partial charge in [-0.1, -0.05) is 20.3 Å². The Labute approximate surface area is 125 Å². The average molecular weight is 327 g/mol. The van der Waals surface area contributed by atoms with E-state index in [1.807, 2.05) is 13.8 Å². The fraction of sp³-hybridized carbons (Fsp3) is 0.600. The van der Waals surface area contributed by atoms with Gasteiger partial charge in [-0.2, -0.15) is 26.3 Å². The third-order valence-corrected chi connectivity index (χ3v) is 3.45. The molecular weight excluding hydrogens is 308 g/mol. The fourth-order valence-electron chi connectivity index (χ4n) is 2.25. The molecular formula is C15H19F6N. The van der Waals surface area contributed by atoms with Crippen LogP contribution in [0.4, 0.5) is 26.3 Å². The van der Waals surface area contributed by atoms with E-state index >= 15 is 0 Å². The Hall–Kier alpha value is -1.24. The first-order chi connectivity index (χ1) is 10.1. The first-order valence-electron chi connectivity index (χ1n) is 7.10. The van der Waals surface area contributed by atoms with Crippen molar-refractivity contribution in [3.63, 3.8) is 0 Å². The molecule has 1 unspecified atom stereocenters. The second kappa shape index (κ2) is 7.35. The maximum Gasteiger partial charge on any atom is 0.416 e. The molecule has 7 heteroatoms. The van der Waals surface area contributed by atoms with Crippen LogP contribution in [-0.2, 0) is 18.9 Å². The van der Waals surface area contributed by atoms with Gasteiger partial charge in [0.2, 0.25) is 0 Å². The number of hydrogen-bond donors (Lipinski definition) is 1. The van der Waals surface area contributed by atoms with Gasteiger partial charge in [-0.15, -0.1) is 0 Å². The number of rotatable bonds is 6. The van der Waals surface area contributed by atoms with Crippen LogP contribution in [0, 0.1) is 0 Å². The minimum atomic E-state index is -4.67. The number of nitrogens with one attached hydrogen (secondary N) is 1. The van der Waals surface area contributed by atoms with Crippen molar-refractivity contribution in [3.8, 4) is 0 Å². The molecule has 0 spiro atoms. The summed E-state index contributed by atoms with van der Waals surface area (Å²) in [5.74, 6) is 0. The van der Waals surface area contributed by atoms with Crippen LogP contribution in [-0.4, -0.2) is 6.04 Å². The molecule has 0 heterocycles. The molecule has 1 aromatic rings. The van der Waals surface area contributed by atoms with Crippen LogP contribution >= 0.6 is 0 Å². The van der Waals surface area contributed by atoms with Gasteiger partial charge in [-0.3, -0.25) is 0 Å².